The number of aromatic nitrogens is 2. The van der Waals surface area contributed by atoms with Gasteiger partial charge in [0.15, 0.2) is 0 Å². The fraction of sp³-hybridized carbons (Fsp3) is 0. The summed E-state index contributed by atoms with van der Waals surface area (Å²) in [5, 5.41) is 10.2. The molecule has 3 aromatic heterocycles. The van der Waals surface area contributed by atoms with E-state index in [0.717, 1.165) is 0 Å². The van der Waals surface area contributed by atoms with Crippen LogP contribution in [0.1, 0.15) is 0 Å². The maximum Gasteiger partial charge on any atom is 0.0619 e. The molecule has 0 atom stereocenters. The van der Waals surface area contributed by atoms with Crippen molar-refractivity contribution in [1.82, 2.24) is 9.13 Å². The van der Waals surface area contributed by atoms with E-state index in [1.54, 1.807) is 0 Å². The summed E-state index contributed by atoms with van der Waals surface area (Å²) in [6.45, 7) is 0. The normalized spacial score (nSPS) is 12.0. The van der Waals surface area contributed by atoms with E-state index in [4.69, 9.17) is 0 Å². The predicted octanol–water partition coefficient (Wildman–Crippen LogP) is 14.7. The largest absolute Gasteiger partial charge is 0.309 e. The van der Waals surface area contributed by atoms with Gasteiger partial charge >= 0.3 is 0 Å². The van der Waals surface area contributed by atoms with Crippen LogP contribution in [0, 0.1) is 0 Å². The van der Waals surface area contributed by atoms with Gasteiger partial charge in [-0.05, 0) is 76.7 Å². The van der Waals surface area contributed by atoms with Crippen molar-refractivity contribution in [1.29, 1.82) is 0 Å². The second-order valence-corrected chi connectivity index (χ2v) is 15.6. The average Bonchev–Trinajstić information content (AvgIpc) is 3.91. The molecule has 3 heterocycles. The van der Waals surface area contributed by atoms with Crippen LogP contribution in [0.4, 0.5) is 0 Å². The Labute approximate surface area is 321 Å². The molecule has 0 bridgehead atoms. The maximum absolute atomic E-state index is 2.49. The summed E-state index contributed by atoms with van der Waals surface area (Å²) >= 11 is 1.87. The highest BCUT2D eigenvalue weighted by Crippen LogP contribution is 2.44. The van der Waals surface area contributed by atoms with Crippen molar-refractivity contribution in [2.45, 2.75) is 0 Å². The molecule has 2 nitrogen and oxygen atoms in total. The van der Waals surface area contributed by atoms with Gasteiger partial charge in [0.05, 0.1) is 33.4 Å². The molecule has 0 saturated carbocycles. The first kappa shape index (κ1) is 30.5. The Kier molecular flexibility index (Phi) is 6.54. The molecule has 0 aliphatic heterocycles. The van der Waals surface area contributed by atoms with Gasteiger partial charge < -0.3 is 9.13 Å². The topological polar surface area (TPSA) is 9.86 Å². The number of rotatable bonds is 4. The average molecular weight is 717 g/mol. The van der Waals surface area contributed by atoms with Gasteiger partial charge in [-0.3, -0.25) is 0 Å². The Balaban J connectivity index is 1.10. The van der Waals surface area contributed by atoms with Gasteiger partial charge in [-0.25, -0.2) is 0 Å². The lowest BCUT2D eigenvalue weighted by molar-refractivity contribution is 1.19. The van der Waals surface area contributed by atoms with Gasteiger partial charge in [-0.2, -0.15) is 0 Å². The van der Waals surface area contributed by atoms with Gasteiger partial charge in [-0.1, -0.05) is 140 Å². The van der Waals surface area contributed by atoms with E-state index in [1.807, 2.05) is 11.3 Å². The third-order valence-corrected chi connectivity index (χ3v) is 12.6. The molecule has 9 aromatic carbocycles. The van der Waals surface area contributed by atoms with Crippen molar-refractivity contribution in [3.8, 4) is 33.6 Å². The van der Waals surface area contributed by atoms with E-state index in [0.29, 0.717) is 0 Å². The van der Waals surface area contributed by atoms with Crippen LogP contribution in [0.25, 0.3) is 108 Å². The number of hydrogen-bond acceptors (Lipinski definition) is 1. The molecule has 0 amide bonds. The molecule has 0 radical (unpaired) electrons. The number of fused-ring (bicyclic) bond motifs is 11. The highest BCUT2D eigenvalue weighted by Gasteiger charge is 2.20. The maximum atomic E-state index is 2.49. The van der Waals surface area contributed by atoms with Crippen LogP contribution in [0.3, 0.4) is 0 Å². The van der Waals surface area contributed by atoms with Gasteiger partial charge in [0, 0.05) is 52.7 Å². The Morgan fingerprint density at radius 3 is 1.80 bits per heavy atom. The van der Waals surface area contributed by atoms with Crippen LogP contribution in [0.2, 0.25) is 0 Å². The summed E-state index contributed by atoms with van der Waals surface area (Å²) in [5.41, 5.74) is 12.1. The zero-order chi connectivity index (χ0) is 36.0. The number of benzene rings is 9. The van der Waals surface area contributed by atoms with Crippen molar-refractivity contribution in [2.75, 3.05) is 0 Å². The van der Waals surface area contributed by atoms with Crippen molar-refractivity contribution in [3.05, 3.63) is 194 Å². The van der Waals surface area contributed by atoms with Crippen LogP contribution in [0.15, 0.2) is 194 Å². The molecule has 0 unspecified atom stereocenters. The second-order valence-electron chi connectivity index (χ2n) is 14.5. The summed E-state index contributed by atoms with van der Waals surface area (Å²) < 4.78 is 7.60. The molecule has 0 spiro atoms. The standard InChI is InChI=1S/C52H32N2S/c1-2-13-33(14-3-1)37-16-6-9-20-44(37)54-47-30-27-36(32-43(47)40-28-25-34-15-4-5-17-38(34)52(40)54)35-26-29-46-42(31-35)39-18-7-10-21-45(39)53(46)48-22-12-24-50-51(48)41-19-8-11-23-49(41)55-50/h1-32H. The minimum Gasteiger partial charge on any atom is -0.309 e. The molecular weight excluding hydrogens is 685 g/mol. The molecule has 12 rings (SSSR count). The lowest BCUT2D eigenvalue weighted by Gasteiger charge is -2.15. The summed E-state index contributed by atoms with van der Waals surface area (Å²) in [4.78, 5) is 0. The minimum absolute atomic E-state index is 1.18. The zero-order valence-electron chi connectivity index (χ0n) is 29.8. The molecular formula is C52H32N2S. The van der Waals surface area contributed by atoms with Crippen molar-refractivity contribution in [2.24, 2.45) is 0 Å². The quantitative estimate of drug-likeness (QED) is 0.172. The highest BCUT2D eigenvalue weighted by molar-refractivity contribution is 7.25. The van der Waals surface area contributed by atoms with Gasteiger partial charge in [0.25, 0.3) is 0 Å². The van der Waals surface area contributed by atoms with Crippen LogP contribution in [-0.2, 0) is 0 Å². The van der Waals surface area contributed by atoms with Gasteiger partial charge in [0.2, 0.25) is 0 Å². The number of para-hydroxylation sites is 2. The summed E-state index contributed by atoms with van der Waals surface area (Å²) in [6, 6.07) is 71.4. The number of hydrogen-bond donors (Lipinski definition) is 0. The molecule has 12 aromatic rings. The van der Waals surface area contributed by atoms with Crippen LogP contribution >= 0.6 is 11.3 Å². The second kappa shape index (κ2) is 11.8. The first-order valence-electron chi connectivity index (χ1n) is 18.9. The molecule has 0 saturated heterocycles. The van der Waals surface area contributed by atoms with Crippen molar-refractivity contribution in [3.63, 3.8) is 0 Å². The highest BCUT2D eigenvalue weighted by atomic mass is 32.1. The summed E-state index contributed by atoms with van der Waals surface area (Å²) in [5.74, 6) is 0. The summed E-state index contributed by atoms with van der Waals surface area (Å²) in [7, 11) is 0. The molecule has 55 heavy (non-hydrogen) atoms. The predicted molar refractivity (Wildman–Crippen MR) is 236 cm³/mol. The summed E-state index contributed by atoms with van der Waals surface area (Å²) in [6.07, 6.45) is 0. The monoisotopic (exact) mass is 716 g/mol. The van der Waals surface area contributed by atoms with E-state index < -0.39 is 0 Å². The minimum atomic E-state index is 1.18. The number of nitrogens with zero attached hydrogens (tertiary/aromatic N) is 2. The molecule has 0 fully saturated rings. The van der Waals surface area contributed by atoms with Crippen LogP contribution < -0.4 is 0 Å². The van der Waals surface area contributed by atoms with E-state index in [9.17, 15) is 0 Å². The third-order valence-electron chi connectivity index (χ3n) is 11.5. The SMILES string of the molecule is c1ccc(-c2ccccc2-n2c3ccc(-c4ccc5c(c4)c4ccccc4n5-c4cccc5sc6ccccc6c45)cc3c3ccc4ccccc4c32)cc1. The van der Waals surface area contributed by atoms with E-state index in [1.165, 1.54) is 108 Å². The van der Waals surface area contributed by atoms with E-state index in [-0.39, 0.29) is 0 Å². The Hall–Kier alpha value is -6.94. The Bertz CT molecular complexity index is 3490. The van der Waals surface area contributed by atoms with E-state index in [2.05, 4.69) is 203 Å². The molecule has 0 N–H and O–H groups in total. The number of thiophene rings is 1. The molecule has 3 heteroatoms. The third kappa shape index (κ3) is 4.48. The molecule has 256 valence electrons. The Morgan fingerprint density at radius 1 is 0.327 bits per heavy atom. The van der Waals surface area contributed by atoms with Crippen molar-refractivity contribution >= 4 is 85.9 Å². The van der Waals surface area contributed by atoms with Crippen LogP contribution in [-0.4, -0.2) is 9.13 Å². The first-order chi connectivity index (χ1) is 27.3. The zero-order valence-corrected chi connectivity index (χ0v) is 30.6. The Morgan fingerprint density at radius 2 is 0.945 bits per heavy atom. The molecule has 0 aliphatic rings. The molecule has 0 aliphatic carbocycles. The smallest absolute Gasteiger partial charge is 0.0619 e. The fourth-order valence-electron chi connectivity index (χ4n) is 9.10. The lowest BCUT2D eigenvalue weighted by Crippen LogP contribution is -1.97. The van der Waals surface area contributed by atoms with Crippen LogP contribution in [0.5, 0.6) is 0 Å². The van der Waals surface area contributed by atoms with Gasteiger partial charge in [0.1, 0.15) is 0 Å². The fourth-order valence-corrected chi connectivity index (χ4v) is 10.2. The van der Waals surface area contributed by atoms with E-state index >= 15 is 0 Å². The lowest BCUT2D eigenvalue weighted by atomic mass is 10.00. The first-order valence-corrected chi connectivity index (χ1v) is 19.7. The van der Waals surface area contributed by atoms with Gasteiger partial charge in [-0.15, -0.1) is 11.3 Å². The van der Waals surface area contributed by atoms with Crippen molar-refractivity contribution < 1.29 is 0 Å².